The third-order valence-corrected chi connectivity index (χ3v) is 5.69. The number of ether oxygens (including phenoxy) is 1. The second-order valence-electron chi connectivity index (χ2n) is 7.99. The van der Waals surface area contributed by atoms with Crippen LogP contribution in [0.15, 0.2) is 48.7 Å². The Labute approximate surface area is 181 Å². The van der Waals surface area contributed by atoms with Gasteiger partial charge in [0.05, 0.1) is 6.61 Å². The van der Waals surface area contributed by atoms with E-state index in [1.165, 1.54) is 25.7 Å². The van der Waals surface area contributed by atoms with Crippen molar-refractivity contribution in [2.75, 3.05) is 39.3 Å². The van der Waals surface area contributed by atoms with Crippen LogP contribution in [-0.2, 0) is 6.42 Å². The van der Waals surface area contributed by atoms with Gasteiger partial charge in [0, 0.05) is 56.6 Å². The number of pyridine rings is 1. The van der Waals surface area contributed by atoms with Gasteiger partial charge >= 0.3 is 0 Å². The molecule has 0 spiro atoms. The number of carbonyl (C=O) groups excluding carboxylic acids is 1. The van der Waals surface area contributed by atoms with Crippen molar-refractivity contribution in [3.8, 4) is 5.75 Å². The highest BCUT2D eigenvalue weighted by Gasteiger charge is 2.22. The first-order valence-electron chi connectivity index (χ1n) is 11.4. The molecule has 1 aliphatic heterocycles. The second kappa shape index (κ2) is 12.3. The second-order valence-corrected chi connectivity index (χ2v) is 7.99. The van der Waals surface area contributed by atoms with Crippen molar-refractivity contribution in [3.05, 3.63) is 59.9 Å². The van der Waals surface area contributed by atoms with E-state index in [4.69, 9.17) is 4.74 Å². The minimum atomic E-state index is 0.116. The number of hydrogen-bond acceptors (Lipinski definition) is 4. The summed E-state index contributed by atoms with van der Waals surface area (Å²) < 4.78 is 5.81. The predicted molar refractivity (Wildman–Crippen MR) is 121 cm³/mol. The van der Waals surface area contributed by atoms with Crippen LogP contribution >= 0.6 is 0 Å². The van der Waals surface area contributed by atoms with Gasteiger partial charge in [0.1, 0.15) is 5.75 Å². The first-order chi connectivity index (χ1) is 14.8. The van der Waals surface area contributed by atoms with Crippen LogP contribution in [0.5, 0.6) is 5.75 Å². The molecule has 1 aromatic heterocycles. The van der Waals surface area contributed by atoms with Gasteiger partial charge in [0.15, 0.2) is 0 Å². The van der Waals surface area contributed by atoms with Crippen molar-refractivity contribution < 1.29 is 9.53 Å². The lowest BCUT2D eigenvalue weighted by atomic mass is 10.1. The molecule has 0 atom stereocenters. The molecular formula is C25H35N3O2. The van der Waals surface area contributed by atoms with Crippen molar-refractivity contribution in [2.24, 2.45) is 0 Å². The molecule has 1 aliphatic rings. The standard InChI is InChI=1S/C25H35N3O2/c1-2-3-4-5-8-21-30-24-12-10-22(11-13-24)25(29)28-19-17-27(18-20-28)16-14-23-9-6-7-15-26-23/h6-7,9-13,15H,2-5,8,14,16-21H2,1H3. The average molecular weight is 410 g/mol. The molecular weight excluding hydrogens is 374 g/mol. The van der Waals surface area contributed by atoms with Crippen molar-refractivity contribution in [1.29, 1.82) is 0 Å². The molecule has 0 bridgehead atoms. The van der Waals surface area contributed by atoms with Gasteiger partial charge in [-0.05, 0) is 42.8 Å². The van der Waals surface area contributed by atoms with Gasteiger partial charge in [-0.1, -0.05) is 38.7 Å². The summed E-state index contributed by atoms with van der Waals surface area (Å²) in [5.41, 5.74) is 1.87. The maximum absolute atomic E-state index is 12.8. The largest absolute Gasteiger partial charge is 0.494 e. The molecule has 1 fully saturated rings. The molecule has 5 nitrogen and oxygen atoms in total. The lowest BCUT2D eigenvalue weighted by Gasteiger charge is -2.34. The van der Waals surface area contributed by atoms with Crippen LogP contribution in [0, 0.1) is 0 Å². The fraction of sp³-hybridized carbons (Fsp3) is 0.520. The Bertz CT molecular complexity index is 741. The topological polar surface area (TPSA) is 45.7 Å². The maximum Gasteiger partial charge on any atom is 0.253 e. The average Bonchev–Trinajstić information content (AvgIpc) is 2.81. The summed E-state index contributed by atoms with van der Waals surface area (Å²) >= 11 is 0. The van der Waals surface area contributed by atoms with Crippen LogP contribution in [0.25, 0.3) is 0 Å². The molecule has 0 N–H and O–H groups in total. The fourth-order valence-electron chi connectivity index (χ4n) is 3.77. The van der Waals surface area contributed by atoms with Gasteiger partial charge in [0.25, 0.3) is 5.91 Å². The molecule has 0 radical (unpaired) electrons. The van der Waals surface area contributed by atoms with Gasteiger partial charge in [-0.3, -0.25) is 14.7 Å². The molecule has 5 heteroatoms. The maximum atomic E-state index is 12.8. The Kier molecular flexibility index (Phi) is 9.16. The Morgan fingerprint density at radius 2 is 1.73 bits per heavy atom. The smallest absolute Gasteiger partial charge is 0.253 e. The lowest BCUT2D eigenvalue weighted by molar-refractivity contribution is 0.0638. The van der Waals surface area contributed by atoms with E-state index >= 15 is 0 Å². The zero-order chi connectivity index (χ0) is 21.0. The van der Waals surface area contributed by atoms with E-state index in [2.05, 4.69) is 22.9 Å². The summed E-state index contributed by atoms with van der Waals surface area (Å²) in [7, 11) is 0. The Balaban J connectivity index is 1.37. The molecule has 0 saturated carbocycles. The minimum Gasteiger partial charge on any atom is -0.494 e. The number of amides is 1. The van der Waals surface area contributed by atoms with Gasteiger partial charge < -0.3 is 9.64 Å². The SMILES string of the molecule is CCCCCCCOc1ccc(C(=O)N2CCN(CCc3ccccn3)CC2)cc1. The van der Waals surface area contributed by atoms with Crippen LogP contribution in [-0.4, -0.2) is 60.0 Å². The van der Waals surface area contributed by atoms with Gasteiger partial charge in [-0.15, -0.1) is 0 Å². The summed E-state index contributed by atoms with van der Waals surface area (Å²) in [6.45, 7) is 7.34. The molecule has 1 amide bonds. The third-order valence-electron chi connectivity index (χ3n) is 5.69. The minimum absolute atomic E-state index is 0.116. The summed E-state index contributed by atoms with van der Waals surface area (Å²) in [4.78, 5) is 21.6. The van der Waals surface area contributed by atoms with Crippen LogP contribution in [0.3, 0.4) is 0 Å². The Hall–Kier alpha value is -2.40. The van der Waals surface area contributed by atoms with Crippen LogP contribution in [0.4, 0.5) is 0 Å². The van der Waals surface area contributed by atoms with Gasteiger partial charge in [-0.25, -0.2) is 0 Å². The monoisotopic (exact) mass is 409 g/mol. The van der Waals surface area contributed by atoms with E-state index < -0.39 is 0 Å². The molecule has 1 aromatic carbocycles. The number of rotatable bonds is 11. The molecule has 1 saturated heterocycles. The number of aromatic nitrogens is 1. The number of benzene rings is 1. The number of piperazine rings is 1. The summed E-state index contributed by atoms with van der Waals surface area (Å²) in [6, 6.07) is 13.7. The number of nitrogens with zero attached hydrogens (tertiary/aromatic N) is 3. The first kappa shape index (κ1) is 22.3. The summed E-state index contributed by atoms with van der Waals surface area (Å²) in [5.74, 6) is 0.965. The number of hydrogen-bond donors (Lipinski definition) is 0. The van der Waals surface area contributed by atoms with Crippen molar-refractivity contribution in [3.63, 3.8) is 0 Å². The predicted octanol–water partition coefficient (Wildman–Crippen LogP) is 4.43. The molecule has 0 unspecified atom stereocenters. The van der Waals surface area contributed by atoms with E-state index in [1.54, 1.807) is 0 Å². The van der Waals surface area contributed by atoms with E-state index in [9.17, 15) is 4.79 Å². The molecule has 2 aromatic rings. The molecule has 3 rings (SSSR count). The molecule has 2 heterocycles. The van der Waals surface area contributed by atoms with Crippen molar-refractivity contribution >= 4 is 5.91 Å². The first-order valence-corrected chi connectivity index (χ1v) is 11.4. The van der Waals surface area contributed by atoms with E-state index in [0.717, 1.165) is 69.2 Å². The molecule has 162 valence electrons. The van der Waals surface area contributed by atoms with Crippen LogP contribution < -0.4 is 4.74 Å². The summed E-state index contributed by atoms with van der Waals surface area (Å²) in [5, 5.41) is 0. The summed E-state index contributed by atoms with van der Waals surface area (Å²) in [6.07, 6.45) is 8.95. The fourth-order valence-corrected chi connectivity index (χ4v) is 3.77. The molecule has 30 heavy (non-hydrogen) atoms. The highest BCUT2D eigenvalue weighted by atomic mass is 16.5. The number of unbranched alkanes of at least 4 members (excludes halogenated alkanes) is 4. The third kappa shape index (κ3) is 7.13. The zero-order valence-corrected chi connectivity index (χ0v) is 18.3. The Morgan fingerprint density at radius 1 is 0.967 bits per heavy atom. The Morgan fingerprint density at radius 3 is 2.43 bits per heavy atom. The van der Waals surface area contributed by atoms with Crippen molar-refractivity contribution in [2.45, 2.75) is 45.4 Å². The van der Waals surface area contributed by atoms with Crippen molar-refractivity contribution in [1.82, 2.24) is 14.8 Å². The van der Waals surface area contributed by atoms with Crippen LogP contribution in [0.1, 0.15) is 55.1 Å². The lowest BCUT2D eigenvalue weighted by Crippen LogP contribution is -2.49. The van der Waals surface area contributed by atoms with Gasteiger partial charge in [0.2, 0.25) is 0 Å². The quantitative estimate of drug-likeness (QED) is 0.515. The van der Waals surface area contributed by atoms with E-state index in [-0.39, 0.29) is 5.91 Å². The highest BCUT2D eigenvalue weighted by molar-refractivity contribution is 5.94. The number of carbonyl (C=O) groups is 1. The van der Waals surface area contributed by atoms with E-state index in [0.29, 0.717) is 0 Å². The van der Waals surface area contributed by atoms with E-state index in [1.807, 2.05) is 47.5 Å². The molecule has 0 aliphatic carbocycles. The van der Waals surface area contributed by atoms with Crippen LogP contribution in [0.2, 0.25) is 0 Å². The normalized spacial score (nSPS) is 14.6. The zero-order valence-electron chi connectivity index (χ0n) is 18.3. The van der Waals surface area contributed by atoms with Gasteiger partial charge in [-0.2, -0.15) is 0 Å². The highest BCUT2D eigenvalue weighted by Crippen LogP contribution is 2.16.